The number of anilines is 2. The summed E-state index contributed by atoms with van der Waals surface area (Å²) in [6.07, 6.45) is 0. The molecular weight excluding hydrogens is 536 g/mol. The molecule has 3 heterocycles. The van der Waals surface area contributed by atoms with Gasteiger partial charge >= 0.3 is 0 Å². The van der Waals surface area contributed by atoms with Crippen LogP contribution in [0, 0.1) is 13.8 Å². The third-order valence-corrected chi connectivity index (χ3v) is 8.83. The predicted octanol–water partition coefficient (Wildman–Crippen LogP) is 4.03. The third kappa shape index (κ3) is 6.75. The smallest absolute Gasteiger partial charge is 0.253 e. The van der Waals surface area contributed by atoms with E-state index in [9.17, 15) is 9.59 Å². The Balaban J connectivity index is 1.21. The van der Waals surface area contributed by atoms with Crippen LogP contribution in [0.25, 0.3) is 0 Å². The number of amides is 2. The zero-order valence-corrected chi connectivity index (χ0v) is 25.1. The number of ether oxygens (including phenoxy) is 1. The lowest BCUT2D eigenvalue weighted by Crippen LogP contribution is -2.50. The summed E-state index contributed by atoms with van der Waals surface area (Å²) in [6, 6.07) is 16.0. The minimum absolute atomic E-state index is 0.0125. The topological polar surface area (TPSA) is 82.1 Å². The number of piperazine rings is 2. The third-order valence-electron chi connectivity index (χ3n) is 7.91. The van der Waals surface area contributed by atoms with Crippen molar-refractivity contribution in [2.75, 3.05) is 69.3 Å². The molecule has 0 spiro atoms. The highest BCUT2D eigenvalue weighted by Gasteiger charge is 2.24. The summed E-state index contributed by atoms with van der Waals surface area (Å²) in [7, 11) is 1.69. The van der Waals surface area contributed by atoms with Gasteiger partial charge < -0.3 is 24.3 Å². The maximum absolute atomic E-state index is 13.1. The van der Waals surface area contributed by atoms with Crippen LogP contribution in [0.4, 0.5) is 11.5 Å². The summed E-state index contributed by atoms with van der Waals surface area (Å²) in [6.45, 7) is 11.6. The van der Waals surface area contributed by atoms with Gasteiger partial charge in [-0.2, -0.15) is 0 Å². The van der Waals surface area contributed by atoms with Crippen LogP contribution in [0.2, 0.25) is 0 Å². The van der Waals surface area contributed by atoms with E-state index in [2.05, 4.69) is 28.9 Å². The van der Waals surface area contributed by atoms with Crippen LogP contribution < -0.4 is 14.5 Å². The van der Waals surface area contributed by atoms with E-state index in [0.29, 0.717) is 37.5 Å². The first-order valence-corrected chi connectivity index (χ1v) is 15.1. The van der Waals surface area contributed by atoms with E-state index < -0.39 is 0 Å². The number of carbonyl (C=O) groups is 2. The van der Waals surface area contributed by atoms with E-state index >= 15 is 0 Å². The molecule has 0 saturated carbocycles. The number of thioether (sulfide) groups is 1. The molecule has 2 aliphatic heterocycles. The molecule has 1 aromatic heterocycles. The van der Waals surface area contributed by atoms with Gasteiger partial charge in [-0.3, -0.25) is 9.59 Å². The Bertz CT molecular complexity index is 1380. The van der Waals surface area contributed by atoms with Crippen molar-refractivity contribution in [2.24, 2.45) is 0 Å². The Morgan fingerprint density at radius 2 is 1.51 bits per heavy atom. The first-order chi connectivity index (χ1) is 19.8. The van der Waals surface area contributed by atoms with Gasteiger partial charge in [0, 0.05) is 87.5 Å². The van der Waals surface area contributed by atoms with Crippen molar-refractivity contribution >= 4 is 35.1 Å². The van der Waals surface area contributed by atoms with Gasteiger partial charge in [0.25, 0.3) is 5.91 Å². The summed E-state index contributed by atoms with van der Waals surface area (Å²) in [5.41, 5.74) is 5.04. The highest BCUT2D eigenvalue weighted by atomic mass is 32.2. The van der Waals surface area contributed by atoms with Gasteiger partial charge in [0.2, 0.25) is 5.91 Å². The molecule has 0 N–H and O–H groups in total. The quantitative estimate of drug-likeness (QED) is 0.309. The zero-order valence-electron chi connectivity index (χ0n) is 24.3. The lowest BCUT2D eigenvalue weighted by molar-refractivity contribution is -0.130. The van der Waals surface area contributed by atoms with Crippen molar-refractivity contribution in [1.82, 2.24) is 19.8 Å². The van der Waals surface area contributed by atoms with Crippen LogP contribution >= 0.6 is 11.8 Å². The average molecular weight is 575 g/mol. The van der Waals surface area contributed by atoms with Crippen molar-refractivity contribution in [3.8, 4) is 5.75 Å². The van der Waals surface area contributed by atoms with Crippen molar-refractivity contribution in [3.05, 3.63) is 70.9 Å². The van der Waals surface area contributed by atoms with E-state index in [1.165, 1.54) is 5.69 Å². The van der Waals surface area contributed by atoms with Crippen LogP contribution in [-0.2, 0) is 10.5 Å². The fourth-order valence-corrected chi connectivity index (χ4v) is 6.11. The highest BCUT2D eigenvalue weighted by molar-refractivity contribution is 7.98. The summed E-state index contributed by atoms with van der Waals surface area (Å²) in [5, 5.41) is 0.748. The minimum atomic E-state index is 0.0125. The van der Waals surface area contributed by atoms with Gasteiger partial charge in [0.05, 0.1) is 7.11 Å². The van der Waals surface area contributed by atoms with Gasteiger partial charge in [0.1, 0.15) is 11.6 Å². The second kappa shape index (κ2) is 12.8. The Kier molecular flexibility index (Phi) is 8.97. The second-order valence-corrected chi connectivity index (χ2v) is 11.4. The summed E-state index contributed by atoms with van der Waals surface area (Å²) in [4.78, 5) is 42.9. The SMILES string of the molecule is COc1ccc(N2CCN(c3nc(SCc4cccc(C(=O)N5CCN(C(C)=O)CC5)c4)nc(C)c3C)CC2)cc1. The van der Waals surface area contributed by atoms with Crippen LogP contribution in [0.15, 0.2) is 53.7 Å². The Morgan fingerprint density at radius 3 is 2.17 bits per heavy atom. The van der Waals surface area contributed by atoms with Crippen LogP contribution in [0.1, 0.15) is 34.1 Å². The molecule has 2 amide bonds. The molecule has 216 valence electrons. The first-order valence-electron chi connectivity index (χ1n) is 14.1. The lowest BCUT2D eigenvalue weighted by atomic mass is 10.1. The van der Waals surface area contributed by atoms with Crippen molar-refractivity contribution in [3.63, 3.8) is 0 Å². The molecular formula is C31H38N6O3S. The Morgan fingerprint density at radius 1 is 0.854 bits per heavy atom. The number of rotatable bonds is 7. The number of carbonyl (C=O) groups excluding carboxylic acids is 2. The standard InChI is InChI=1S/C31H38N6O3S/c1-22-23(2)32-31(33-29(22)36-16-14-35(15-17-36)27-8-10-28(40-4)11-9-27)41-21-25-6-5-7-26(20-25)30(39)37-18-12-34(13-19-37)24(3)38/h5-11,20H,12-19,21H2,1-4H3. The monoisotopic (exact) mass is 574 g/mol. The number of hydrogen-bond acceptors (Lipinski definition) is 8. The van der Waals surface area contributed by atoms with Gasteiger partial charge in [-0.05, 0) is 55.8 Å². The molecule has 2 saturated heterocycles. The number of benzene rings is 2. The summed E-state index contributed by atoms with van der Waals surface area (Å²) < 4.78 is 5.30. The van der Waals surface area contributed by atoms with E-state index in [1.54, 1.807) is 30.7 Å². The fraction of sp³-hybridized carbons (Fsp3) is 0.419. The molecule has 3 aromatic rings. The summed E-state index contributed by atoms with van der Waals surface area (Å²) >= 11 is 1.59. The maximum Gasteiger partial charge on any atom is 0.253 e. The van der Waals surface area contributed by atoms with E-state index in [1.807, 2.05) is 48.2 Å². The fourth-order valence-electron chi connectivity index (χ4n) is 5.28. The van der Waals surface area contributed by atoms with Crippen molar-refractivity contribution < 1.29 is 14.3 Å². The molecule has 2 aromatic carbocycles. The molecule has 0 unspecified atom stereocenters. The van der Waals surface area contributed by atoms with Crippen LogP contribution in [0.3, 0.4) is 0 Å². The highest BCUT2D eigenvalue weighted by Crippen LogP contribution is 2.28. The number of aromatic nitrogens is 2. The number of aryl methyl sites for hydroxylation is 1. The Hall–Kier alpha value is -3.79. The molecule has 10 heteroatoms. The molecule has 2 aliphatic rings. The molecule has 0 bridgehead atoms. The first kappa shape index (κ1) is 28.7. The van der Waals surface area contributed by atoms with Crippen LogP contribution in [-0.4, -0.2) is 91.0 Å². The van der Waals surface area contributed by atoms with Gasteiger partial charge in [-0.1, -0.05) is 23.9 Å². The molecule has 5 rings (SSSR count). The van der Waals surface area contributed by atoms with Crippen molar-refractivity contribution in [1.29, 1.82) is 0 Å². The van der Waals surface area contributed by atoms with Gasteiger partial charge in [-0.25, -0.2) is 9.97 Å². The molecule has 9 nitrogen and oxygen atoms in total. The lowest BCUT2D eigenvalue weighted by Gasteiger charge is -2.37. The molecule has 0 radical (unpaired) electrons. The predicted molar refractivity (Wildman–Crippen MR) is 163 cm³/mol. The average Bonchev–Trinajstić information content (AvgIpc) is 3.01. The van der Waals surface area contributed by atoms with E-state index in [-0.39, 0.29) is 11.8 Å². The molecule has 0 atom stereocenters. The zero-order chi connectivity index (χ0) is 28.9. The largest absolute Gasteiger partial charge is 0.497 e. The molecule has 2 fully saturated rings. The van der Waals surface area contributed by atoms with Crippen molar-refractivity contribution in [2.45, 2.75) is 31.7 Å². The summed E-state index contributed by atoms with van der Waals surface area (Å²) in [5.74, 6) is 2.61. The van der Waals surface area contributed by atoms with Gasteiger partial charge in [-0.15, -0.1) is 0 Å². The van der Waals surface area contributed by atoms with E-state index in [4.69, 9.17) is 14.7 Å². The maximum atomic E-state index is 13.1. The number of nitrogens with zero attached hydrogens (tertiary/aromatic N) is 6. The number of hydrogen-bond donors (Lipinski definition) is 0. The Labute approximate surface area is 246 Å². The van der Waals surface area contributed by atoms with E-state index in [0.717, 1.165) is 59.7 Å². The minimum Gasteiger partial charge on any atom is -0.497 e. The van der Waals surface area contributed by atoms with Crippen LogP contribution in [0.5, 0.6) is 5.75 Å². The molecule has 41 heavy (non-hydrogen) atoms. The normalized spacial score (nSPS) is 15.7. The second-order valence-electron chi connectivity index (χ2n) is 10.5. The van der Waals surface area contributed by atoms with Gasteiger partial charge in [0.15, 0.2) is 5.16 Å². The molecule has 0 aliphatic carbocycles. The number of methoxy groups -OCH3 is 1.